The topological polar surface area (TPSA) is 102 Å². The molecule has 0 spiro atoms. The Kier molecular flexibility index (Phi) is 6.37. The number of hydrogen-bond acceptors (Lipinski definition) is 6. The first-order valence-electron chi connectivity index (χ1n) is 11.5. The SMILES string of the molecule is COC(=O)c1ccc(-c2nn(C(=O)c3c(Cl)cccc3C3(C(F)(F)F)CC3)c3c2S(O)(O)CCC3)c(F)c1. The van der Waals surface area contributed by atoms with Crippen LogP contribution in [0.1, 0.15) is 51.2 Å². The molecule has 3 aromatic rings. The first kappa shape index (κ1) is 26.7. The quantitative estimate of drug-likeness (QED) is 0.274. The Hall–Kier alpha value is -2.93. The van der Waals surface area contributed by atoms with Gasteiger partial charge < -0.3 is 4.74 Å². The fourth-order valence-corrected chi connectivity index (χ4v) is 6.95. The van der Waals surface area contributed by atoms with Crippen LogP contribution in [0, 0.1) is 5.82 Å². The highest BCUT2D eigenvalue weighted by molar-refractivity contribution is 8.24. The summed E-state index contributed by atoms with van der Waals surface area (Å²) in [6.07, 6.45) is -4.66. The predicted octanol–water partition coefficient (Wildman–Crippen LogP) is 6.47. The third-order valence-corrected chi connectivity index (χ3v) is 9.23. The molecule has 0 unspecified atom stereocenters. The molecule has 2 aliphatic rings. The molecule has 0 saturated heterocycles. The van der Waals surface area contributed by atoms with Crippen LogP contribution in [0.4, 0.5) is 17.6 Å². The maximum absolute atomic E-state index is 15.2. The highest BCUT2D eigenvalue weighted by atomic mass is 35.5. The summed E-state index contributed by atoms with van der Waals surface area (Å²) in [5.74, 6) is -2.80. The molecule has 1 fully saturated rings. The van der Waals surface area contributed by atoms with Crippen LogP contribution < -0.4 is 0 Å². The highest BCUT2D eigenvalue weighted by Gasteiger charge is 2.65. The van der Waals surface area contributed by atoms with Gasteiger partial charge in [-0.3, -0.25) is 13.9 Å². The molecule has 38 heavy (non-hydrogen) atoms. The Bertz CT molecular complexity index is 1480. The number of carbonyl (C=O) groups is 2. The molecule has 13 heteroatoms. The molecule has 1 aliphatic heterocycles. The standard InChI is InChI=1S/C25H21ClF4N2O5S/c1-37-23(34)13-7-8-14(17(27)12-13)20-21-18(6-3-11-38(21,35)36)32(31-20)22(33)19-15(4-2-5-16(19)26)24(9-10-24)25(28,29)30/h2,4-5,7-8,12,35-36H,3,6,9-11H2,1H3. The molecule has 0 bridgehead atoms. The van der Waals surface area contributed by atoms with Crippen LogP contribution in [0.25, 0.3) is 11.3 Å². The minimum atomic E-state index is -4.62. The molecule has 2 aromatic carbocycles. The molecule has 2 N–H and O–H groups in total. The second-order valence-corrected chi connectivity index (χ2v) is 11.8. The molecule has 2 heterocycles. The number of rotatable bonds is 4. The van der Waals surface area contributed by atoms with E-state index in [4.69, 9.17) is 11.6 Å². The fraction of sp³-hybridized carbons (Fsp3) is 0.320. The lowest BCUT2D eigenvalue weighted by molar-refractivity contribution is -0.160. The van der Waals surface area contributed by atoms with Gasteiger partial charge in [-0.1, -0.05) is 23.7 Å². The molecule has 1 aliphatic carbocycles. The van der Waals surface area contributed by atoms with Crippen molar-refractivity contribution in [1.29, 1.82) is 0 Å². The Labute approximate surface area is 220 Å². The average molecular weight is 573 g/mol. The van der Waals surface area contributed by atoms with Gasteiger partial charge in [0.2, 0.25) is 0 Å². The van der Waals surface area contributed by atoms with Crippen molar-refractivity contribution in [3.05, 3.63) is 69.6 Å². The smallest absolute Gasteiger partial charge is 0.398 e. The highest BCUT2D eigenvalue weighted by Crippen LogP contribution is 2.61. The third-order valence-electron chi connectivity index (χ3n) is 6.98. The van der Waals surface area contributed by atoms with Crippen LogP contribution in [0.15, 0.2) is 41.3 Å². The monoisotopic (exact) mass is 572 g/mol. The molecule has 0 atom stereocenters. The zero-order valence-corrected chi connectivity index (χ0v) is 21.4. The van der Waals surface area contributed by atoms with Crippen molar-refractivity contribution in [2.45, 2.75) is 42.2 Å². The van der Waals surface area contributed by atoms with Crippen LogP contribution in [-0.4, -0.2) is 49.8 Å². The van der Waals surface area contributed by atoms with Gasteiger partial charge in [-0.25, -0.2) is 9.18 Å². The maximum atomic E-state index is 15.2. The lowest BCUT2D eigenvalue weighted by Gasteiger charge is -2.36. The van der Waals surface area contributed by atoms with E-state index in [9.17, 15) is 31.9 Å². The van der Waals surface area contributed by atoms with E-state index in [0.29, 0.717) is 0 Å². The number of alkyl halides is 3. The molecule has 7 nitrogen and oxygen atoms in total. The summed E-state index contributed by atoms with van der Waals surface area (Å²) >= 11 is 6.28. The predicted molar refractivity (Wildman–Crippen MR) is 131 cm³/mol. The van der Waals surface area contributed by atoms with Gasteiger partial charge in [0.1, 0.15) is 16.4 Å². The van der Waals surface area contributed by atoms with Crippen LogP contribution in [0.2, 0.25) is 5.02 Å². The van der Waals surface area contributed by atoms with E-state index in [0.717, 1.165) is 17.9 Å². The summed E-state index contributed by atoms with van der Waals surface area (Å²) in [6, 6.07) is 7.15. The minimum Gasteiger partial charge on any atom is -0.465 e. The van der Waals surface area contributed by atoms with Gasteiger partial charge in [0.15, 0.2) is 0 Å². The van der Waals surface area contributed by atoms with E-state index in [1.165, 1.54) is 30.3 Å². The first-order chi connectivity index (χ1) is 17.8. The van der Waals surface area contributed by atoms with Crippen molar-refractivity contribution < 1.29 is 41.0 Å². The Morgan fingerprint density at radius 2 is 1.89 bits per heavy atom. The molecule has 202 valence electrons. The number of methoxy groups -OCH3 is 1. The van der Waals surface area contributed by atoms with Gasteiger partial charge in [-0.2, -0.15) is 33.5 Å². The largest absolute Gasteiger partial charge is 0.465 e. The van der Waals surface area contributed by atoms with E-state index < -0.39 is 45.4 Å². The van der Waals surface area contributed by atoms with Crippen molar-refractivity contribution in [3.63, 3.8) is 0 Å². The Morgan fingerprint density at radius 1 is 1.18 bits per heavy atom. The number of halogens is 5. The van der Waals surface area contributed by atoms with Crippen LogP contribution in [0.3, 0.4) is 0 Å². The Morgan fingerprint density at radius 3 is 2.50 bits per heavy atom. The van der Waals surface area contributed by atoms with Crippen molar-refractivity contribution >= 4 is 34.1 Å². The van der Waals surface area contributed by atoms with Crippen LogP contribution in [-0.2, 0) is 16.6 Å². The number of ether oxygens (including phenoxy) is 1. The number of benzene rings is 2. The van der Waals surface area contributed by atoms with Crippen molar-refractivity contribution in [1.82, 2.24) is 9.78 Å². The van der Waals surface area contributed by atoms with E-state index >= 15 is 4.39 Å². The maximum Gasteiger partial charge on any atom is 0.398 e. The summed E-state index contributed by atoms with van der Waals surface area (Å²) in [7, 11) is -2.40. The molecule has 1 saturated carbocycles. The molecule has 5 rings (SSSR count). The van der Waals surface area contributed by atoms with Gasteiger partial charge in [0, 0.05) is 11.3 Å². The molecule has 0 radical (unpaired) electrons. The summed E-state index contributed by atoms with van der Waals surface area (Å²) < 4.78 is 84.3. The average Bonchev–Trinajstić information content (AvgIpc) is 3.58. The van der Waals surface area contributed by atoms with Gasteiger partial charge in [-0.15, -0.1) is 0 Å². The van der Waals surface area contributed by atoms with Gasteiger partial charge in [0.05, 0.1) is 34.4 Å². The van der Waals surface area contributed by atoms with Gasteiger partial charge >= 0.3 is 12.1 Å². The number of aromatic nitrogens is 2. The number of fused-ring (bicyclic) bond motifs is 1. The summed E-state index contributed by atoms with van der Waals surface area (Å²) in [6.45, 7) is 0. The second kappa shape index (κ2) is 9.08. The summed E-state index contributed by atoms with van der Waals surface area (Å²) in [4.78, 5) is 25.5. The van der Waals surface area contributed by atoms with E-state index in [1.807, 2.05) is 0 Å². The van der Waals surface area contributed by atoms with Gasteiger partial charge in [-0.05, 0) is 55.5 Å². The summed E-state index contributed by atoms with van der Waals surface area (Å²) in [5, 5.41) is 3.99. The second-order valence-electron chi connectivity index (χ2n) is 9.24. The van der Waals surface area contributed by atoms with E-state index in [1.54, 1.807) is 0 Å². The van der Waals surface area contributed by atoms with E-state index in [-0.39, 0.29) is 69.4 Å². The lowest BCUT2D eigenvalue weighted by atomic mass is 9.90. The zero-order chi connectivity index (χ0) is 27.6. The number of esters is 1. The lowest BCUT2D eigenvalue weighted by Crippen LogP contribution is -2.32. The molecule has 1 aromatic heterocycles. The molecule has 0 amide bonds. The number of carbonyl (C=O) groups excluding carboxylic acids is 2. The fourth-order valence-electron chi connectivity index (χ4n) is 4.92. The first-order valence-corrected chi connectivity index (χ1v) is 13.6. The van der Waals surface area contributed by atoms with E-state index in [2.05, 4.69) is 9.84 Å². The number of nitrogens with zero attached hydrogens (tertiary/aromatic N) is 2. The number of hydrogen-bond donors (Lipinski definition) is 2. The van der Waals surface area contributed by atoms with Crippen LogP contribution >= 0.6 is 22.2 Å². The molecular weight excluding hydrogens is 552 g/mol. The zero-order valence-electron chi connectivity index (χ0n) is 19.8. The van der Waals surface area contributed by atoms with Crippen molar-refractivity contribution in [2.24, 2.45) is 0 Å². The Balaban J connectivity index is 1.71. The van der Waals surface area contributed by atoms with Crippen molar-refractivity contribution in [2.75, 3.05) is 12.9 Å². The molecular formula is C25H21ClF4N2O5S. The van der Waals surface area contributed by atoms with Crippen LogP contribution in [0.5, 0.6) is 0 Å². The van der Waals surface area contributed by atoms with Gasteiger partial charge in [0.25, 0.3) is 5.91 Å². The minimum absolute atomic E-state index is 0.0513. The third kappa shape index (κ3) is 4.10. The van der Waals surface area contributed by atoms with Crippen molar-refractivity contribution in [3.8, 4) is 11.3 Å². The summed E-state index contributed by atoms with van der Waals surface area (Å²) in [5.41, 5.74) is -3.45. The normalized spacial score (nSPS) is 18.4.